The van der Waals surface area contributed by atoms with Crippen molar-refractivity contribution in [2.45, 2.75) is 45.6 Å². The number of pyridine rings is 1. The van der Waals surface area contributed by atoms with Gasteiger partial charge >= 0.3 is 0 Å². The fourth-order valence-corrected chi connectivity index (χ4v) is 4.07. The molecule has 4 aromatic rings. The zero-order chi connectivity index (χ0) is 21.4. The Hall–Kier alpha value is -3.20. The van der Waals surface area contributed by atoms with E-state index in [1.807, 2.05) is 42.8 Å². The van der Waals surface area contributed by atoms with Crippen molar-refractivity contribution in [3.8, 4) is 11.6 Å². The van der Waals surface area contributed by atoms with E-state index in [1.165, 1.54) is 0 Å². The van der Waals surface area contributed by atoms with Crippen LogP contribution in [-0.4, -0.2) is 49.5 Å². The first kappa shape index (κ1) is 19.7. The lowest BCUT2D eigenvalue weighted by Gasteiger charge is -2.30. The van der Waals surface area contributed by atoms with E-state index in [4.69, 9.17) is 13.8 Å². The monoisotopic (exact) mass is 422 g/mol. The van der Waals surface area contributed by atoms with Crippen LogP contribution < -0.4 is 4.90 Å². The molecule has 0 unspecified atom stereocenters. The Morgan fingerprint density at radius 1 is 1.03 bits per heavy atom. The molecule has 1 N–H and O–H groups in total. The molecule has 162 valence electrons. The molecule has 0 aliphatic carbocycles. The minimum Gasteiger partial charge on any atom is -0.458 e. The fourth-order valence-electron chi connectivity index (χ4n) is 4.07. The SMILES string of the molecule is Cc1ccc2oc(N3CCC(c4nc(-c5ccc(C)o5)nn4CCCO)CC3)nc2n1. The van der Waals surface area contributed by atoms with Gasteiger partial charge in [0.05, 0.1) is 0 Å². The molecular formula is C22H26N6O3. The molecule has 9 heteroatoms. The number of piperidine rings is 1. The van der Waals surface area contributed by atoms with Gasteiger partial charge in [-0.15, -0.1) is 5.10 Å². The summed E-state index contributed by atoms with van der Waals surface area (Å²) in [5.41, 5.74) is 2.29. The standard InChI is InChI=1S/C22H26N6O3/c1-14-4-6-17-19(23-14)25-22(31-17)27-11-8-16(9-12-27)21-24-20(18-7-5-15(2)30-18)26-28(21)10-3-13-29/h4-7,16,29H,3,8-13H2,1-2H3. The Labute approximate surface area is 179 Å². The van der Waals surface area contributed by atoms with Gasteiger partial charge in [0.1, 0.15) is 11.6 Å². The van der Waals surface area contributed by atoms with E-state index in [2.05, 4.69) is 20.0 Å². The van der Waals surface area contributed by atoms with Crippen molar-refractivity contribution in [1.82, 2.24) is 24.7 Å². The maximum absolute atomic E-state index is 9.28. The van der Waals surface area contributed by atoms with Crippen LogP contribution in [0.1, 0.15) is 42.5 Å². The summed E-state index contributed by atoms with van der Waals surface area (Å²) in [7, 11) is 0. The van der Waals surface area contributed by atoms with Crippen molar-refractivity contribution < 1.29 is 13.9 Å². The van der Waals surface area contributed by atoms with Crippen molar-refractivity contribution in [3.05, 3.63) is 41.5 Å². The number of hydrogen-bond donors (Lipinski definition) is 1. The van der Waals surface area contributed by atoms with E-state index >= 15 is 0 Å². The summed E-state index contributed by atoms with van der Waals surface area (Å²) in [5, 5.41) is 14.0. The molecule has 31 heavy (non-hydrogen) atoms. The molecule has 4 aromatic heterocycles. The van der Waals surface area contributed by atoms with Gasteiger partial charge in [-0.1, -0.05) is 0 Å². The molecule has 0 radical (unpaired) electrons. The Morgan fingerprint density at radius 3 is 2.61 bits per heavy atom. The number of furan rings is 1. The number of aliphatic hydroxyl groups excluding tert-OH is 1. The zero-order valence-electron chi connectivity index (χ0n) is 17.8. The topological polar surface area (TPSA) is 106 Å². The highest BCUT2D eigenvalue weighted by molar-refractivity contribution is 5.70. The number of hydrogen-bond acceptors (Lipinski definition) is 8. The number of aromatic nitrogens is 5. The summed E-state index contributed by atoms with van der Waals surface area (Å²) in [6.45, 7) is 6.25. The average molecular weight is 422 g/mol. The molecule has 5 heterocycles. The Morgan fingerprint density at radius 2 is 1.87 bits per heavy atom. The quantitative estimate of drug-likeness (QED) is 0.503. The molecule has 0 aromatic carbocycles. The van der Waals surface area contributed by atoms with Gasteiger partial charge in [-0.3, -0.25) is 0 Å². The van der Waals surface area contributed by atoms with Gasteiger partial charge in [0.25, 0.3) is 6.01 Å². The van der Waals surface area contributed by atoms with Gasteiger partial charge < -0.3 is 18.8 Å². The first-order valence-corrected chi connectivity index (χ1v) is 10.7. The van der Waals surface area contributed by atoms with Crippen LogP contribution in [0.2, 0.25) is 0 Å². The highest BCUT2D eigenvalue weighted by Crippen LogP contribution is 2.32. The van der Waals surface area contributed by atoms with Crippen LogP contribution in [0, 0.1) is 13.8 Å². The van der Waals surface area contributed by atoms with Crippen LogP contribution in [0.4, 0.5) is 6.01 Å². The third-order valence-corrected chi connectivity index (χ3v) is 5.70. The number of nitrogens with zero attached hydrogens (tertiary/aromatic N) is 6. The number of fused-ring (bicyclic) bond motifs is 1. The summed E-state index contributed by atoms with van der Waals surface area (Å²) in [6, 6.07) is 8.29. The minimum absolute atomic E-state index is 0.123. The minimum atomic E-state index is 0.123. The first-order valence-electron chi connectivity index (χ1n) is 10.7. The van der Waals surface area contributed by atoms with Gasteiger partial charge in [0.15, 0.2) is 11.3 Å². The molecule has 0 atom stereocenters. The molecule has 0 amide bonds. The second-order valence-electron chi connectivity index (χ2n) is 8.04. The molecule has 1 saturated heterocycles. The summed E-state index contributed by atoms with van der Waals surface area (Å²) in [6.07, 6.45) is 2.47. The van der Waals surface area contributed by atoms with E-state index in [9.17, 15) is 5.11 Å². The lowest BCUT2D eigenvalue weighted by Crippen LogP contribution is -2.34. The Balaban J connectivity index is 1.34. The number of rotatable bonds is 6. The third-order valence-electron chi connectivity index (χ3n) is 5.70. The van der Waals surface area contributed by atoms with E-state index in [0.29, 0.717) is 41.8 Å². The lowest BCUT2D eigenvalue weighted by molar-refractivity contribution is 0.274. The van der Waals surface area contributed by atoms with Crippen molar-refractivity contribution in [3.63, 3.8) is 0 Å². The number of anilines is 1. The van der Waals surface area contributed by atoms with Crippen LogP contribution in [0.5, 0.6) is 0 Å². The average Bonchev–Trinajstić information content (AvgIpc) is 3.50. The van der Waals surface area contributed by atoms with Gasteiger partial charge in [-0.2, -0.15) is 4.98 Å². The maximum atomic E-state index is 9.28. The normalized spacial score (nSPS) is 15.3. The van der Waals surface area contributed by atoms with Crippen molar-refractivity contribution in [2.75, 3.05) is 24.6 Å². The van der Waals surface area contributed by atoms with Crippen LogP contribution in [0.25, 0.3) is 22.8 Å². The number of aliphatic hydroxyl groups is 1. The smallest absolute Gasteiger partial charge is 0.299 e. The maximum Gasteiger partial charge on any atom is 0.299 e. The molecule has 1 fully saturated rings. The lowest BCUT2D eigenvalue weighted by atomic mass is 9.96. The number of oxazole rings is 1. The van der Waals surface area contributed by atoms with Gasteiger partial charge in [-0.05, 0) is 57.4 Å². The van der Waals surface area contributed by atoms with Crippen LogP contribution in [0.15, 0.2) is 33.1 Å². The van der Waals surface area contributed by atoms with E-state index in [1.54, 1.807) is 0 Å². The first-order chi connectivity index (χ1) is 15.1. The van der Waals surface area contributed by atoms with E-state index < -0.39 is 0 Å². The summed E-state index contributed by atoms with van der Waals surface area (Å²) in [5.74, 6) is 3.33. The van der Waals surface area contributed by atoms with Crippen LogP contribution >= 0.6 is 0 Å². The van der Waals surface area contributed by atoms with Crippen molar-refractivity contribution in [2.24, 2.45) is 0 Å². The highest BCUT2D eigenvalue weighted by atomic mass is 16.4. The van der Waals surface area contributed by atoms with Gasteiger partial charge in [-0.25, -0.2) is 14.6 Å². The second-order valence-corrected chi connectivity index (χ2v) is 8.04. The molecule has 5 rings (SSSR count). The summed E-state index contributed by atoms with van der Waals surface area (Å²) < 4.78 is 13.6. The van der Waals surface area contributed by atoms with Crippen LogP contribution in [0.3, 0.4) is 0 Å². The largest absolute Gasteiger partial charge is 0.458 e. The predicted octanol–water partition coefficient (Wildman–Crippen LogP) is 3.46. The fraction of sp³-hybridized carbons (Fsp3) is 0.455. The number of aryl methyl sites for hydroxylation is 3. The Kier molecular flexibility index (Phi) is 5.19. The molecular weight excluding hydrogens is 396 g/mol. The highest BCUT2D eigenvalue weighted by Gasteiger charge is 2.28. The molecule has 1 aliphatic rings. The van der Waals surface area contributed by atoms with Gasteiger partial charge in [0.2, 0.25) is 11.5 Å². The summed E-state index contributed by atoms with van der Waals surface area (Å²) >= 11 is 0. The molecule has 0 saturated carbocycles. The summed E-state index contributed by atoms with van der Waals surface area (Å²) in [4.78, 5) is 16.0. The Bertz CT molecular complexity index is 1190. The molecule has 0 spiro atoms. The molecule has 0 bridgehead atoms. The van der Waals surface area contributed by atoms with Crippen molar-refractivity contribution in [1.29, 1.82) is 0 Å². The molecule has 9 nitrogen and oxygen atoms in total. The second kappa shape index (κ2) is 8.14. The predicted molar refractivity (Wildman–Crippen MR) is 115 cm³/mol. The van der Waals surface area contributed by atoms with Gasteiger partial charge in [0, 0.05) is 37.9 Å². The van der Waals surface area contributed by atoms with Crippen molar-refractivity contribution >= 4 is 17.2 Å². The van der Waals surface area contributed by atoms with E-state index in [0.717, 1.165) is 43.2 Å². The zero-order valence-corrected chi connectivity index (χ0v) is 17.8. The van der Waals surface area contributed by atoms with Crippen LogP contribution in [-0.2, 0) is 6.54 Å². The van der Waals surface area contributed by atoms with E-state index in [-0.39, 0.29) is 12.5 Å². The third kappa shape index (κ3) is 3.93. The molecule has 1 aliphatic heterocycles.